The fraction of sp³-hybridized carbons (Fsp3) is 0.600. The number of unbranched alkanes of at least 4 members (excludes halogenated alkanes) is 5. The van der Waals surface area contributed by atoms with Gasteiger partial charge in [0, 0.05) is 37.1 Å². The maximum Gasteiger partial charge on any atom is 0.481 e. The highest BCUT2D eigenvalue weighted by Gasteiger charge is 2.50. The Hall–Kier alpha value is -3.74. The van der Waals surface area contributed by atoms with Gasteiger partial charge in [-0.2, -0.15) is 4.31 Å². The van der Waals surface area contributed by atoms with Crippen LogP contribution in [-0.4, -0.2) is 123 Å². The minimum atomic E-state index is -5.58. The van der Waals surface area contributed by atoms with Gasteiger partial charge in [-0.25, -0.2) is 28.6 Å². The Balaban J connectivity index is 1.26. The number of hydrogen-bond acceptors (Lipinski definition) is 18. The summed E-state index contributed by atoms with van der Waals surface area (Å²) in [6.45, 7) is 2.73. The highest BCUT2D eigenvalue weighted by atomic mass is 32.2. The molecule has 1 aliphatic heterocycles. The normalized spacial score (nSPS) is 20.0. The van der Waals surface area contributed by atoms with Gasteiger partial charge in [-0.05, 0) is 57.8 Å². The summed E-state index contributed by atoms with van der Waals surface area (Å²) in [5.41, 5.74) is 4.28. The number of amides is 2. The van der Waals surface area contributed by atoms with Crippen LogP contribution >= 0.6 is 35.2 Å². The average Bonchev–Trinajstić information content (AvgIpc) is 3.88. The number of imidazole rings is 1. The Labute approximate surface area is 429 Å². The van der Waals surface area contributed by atoms with E-state index < -0.39 is 84.6 Å². The number of nitrogen functional groups attached to an aromatic ring is 1. The number of aromatic nitrogens is 4. The van der Waals surface area contributed by atoms with E-state index in [1.807, 2.05) is 0 Å². The van der Waals surface area contributed by atoms with Crippen LogP contribution in [0.25, 0.3) is 11.2 Å². The van der Waals surface area contributed by atoms with E-state index in [1.165, 1.54) is 39.5 Å². The molecule has 0 aromatic carbocycles. The van der Waals surface area contributed by atoms with Gasteiger partial charge in [0.1, 0.15) is 36.3 Å². The monoisotopic (exact) mass is 1110 g/mol. The Morgan fingerprint density at radius 1 is 0.836 bits per heavy atom. The third-order valence-electron chi connectivity index (χ3n) is 10.7. The number of carbonyl (C=O) groups excluding carboxylic acids is 3. The van der Waals surface area contributed by atoms with Crippen LogP contribution in [0.3, 0.4) is 0 Å². The first kappa shape index (κ1) is 63.6. The zero-order chi connectivity index (χ0) is 53.9. The molecule has 7 unspecified atom stereocenters. The first-order valence-electron chi connectivity index (χ1n) is 23.9. The number of nitrogens with one attached hydrogen (secondary N) is 2. The second-order valence-electron chi connectivity index (χ2n) is 17.3. The Morgan fingerprint density at radius 3 is 2.03 bits per heavy atom. The van der Waals surface area contributed by atoms with Crippen LogP contribution in [0.15, 0.2) is 73.4 Å². The Morgan fingerprint density at radius 2 is 1.42 bits per heavy atom. The number of phosphoric acid groups is 3. The lowest BCUT2D eigenvalue weighted by molar-refractivity contribution is -0.137. The molecule has 24 nitrogen and oxygen atoms in total. The summed E-state index contributed by atoms with van der Waals surface area (Å²) >= 11 is 1.12. The Bertz CT molecular complexity index is 2340. The number of aliphatic hydroxyl groups is 2. The van der Waals surface area contributed by atoms with Crippen LogP contribution in [0.4, 0.5) is 5.82 Å². The van der Waals surface area contributed by atoms with E-state index in [4.69, 9.17) is 19.5 Å². The van der Waals surface area contributed by atoms with Crippen molar-refractivity contribution in [1.29, 1.82) is 0 Å². The molecule has 0 spiro atoms. The predicted molar refractivity (Wildman–Crippen MR) is 274 cm³/mol. The predicted octanol–water partition coefficient (Wildman–Crippen LogP) is 6.15. The minimum absolute atomic E-state index is 0.0243. The number of anilines is 1. The summed E-state index contributed by atoms with van der Waals surface area (Å²) in [5, 5.41) is 26.6. The van der Waals surface area contributed by atoms with Gasteiger partial charge in [-0.3, -0.25) is 32.5 Å². The number of thioether (sulfide) groups is 1. The van der Waals surface area contributed by atoms with Gasteiger partial charge in [0.05, 0.1) is 19.5 Å². The molecule has 7 atom stereocenters. The van der Waals surface area contributed by atoms with E-state index in [-0.39, 0.29) is 41.6 Å². The summed E-state index contributed by atoms with van der Waals surface area (Å²) < 4.78 is 62.5. The minimum Gasteiger partial charge on any atom is -0.386 e. The topological polar surface area (TPSA) is 364 Å². The van der Waals surface area contributed by atoms with Crippen molar-refractivity contribution in [3.05, 3.63) is 73.4 Å². The van der Waals surface area contributed by atoms with Crippen molar-refractivity contribution in [3.63, 3.8) is 0 Å². The molecule has 2 aromatic rings. The highest BCUT2D eigenvalue weighted by molar-refractivity contribution is 8.13. The van der Waals surface area contributed by atoms with E-state index in [2.05, 4.69) is 102 Å². The average molecular weight is 1110 g/mol. The summed E-state index contributed by atoms with van der Waals surface area (Å²) in [7, 11) is -16.4. The molecule has 1 saturated heterocycles. The molecule has 2 amide bonds. The second kappa shape index (κ2) is 32.6. The molecule has 0 saturated carbocycles. The number of aliphatic hydroxyl groups excluding tert-OH is 2. The number of phosphoric ester groups is 3. The van der Waals surface area contributed by atoms with Crippen molar-refractivity contribution in [2.45, 2.75) is 135 Å². The molecular formula is C45H72N7O17P3S. The molecule has 410 valence electrons. The van der Waals surface area contributed by atoms with Gasteiger partial charge >= 0.3 is 23.5 Å². The van der Waals surface area contributed by atoms with Crippen molar-refractivity contribution < 1.29 is 80.5 Å². The van der Waals surface area contributed by atoms with E-state index in [0.717, 1.165) is 73.9 Å². The van der Waals surface area contributed by atoms with Crippen LogP contribution in [0.2, 0.25) is 0 Å². The van der Waals surface area contributed by atoms with Crippen LogP contribution in [0.1, 0.15) is 110 Å². The van der Waals surface area contributed by atoms with Crippen LogP contribution in [0.5, 0.6) is 0 Å². The summed E-state index contributed by atoms with van der Waals surface area (Å²) in [6.07, 6.45) is 26.4. The standard InChI is InChI=1S/C45H72N7O17P3S/c1-4-5-6-7-8-9-10-11-12-13-14-15-16-17-18-19-20-21-22-23-24-25-36(54)73-29-28-47-35(53)26-27-48-43(57)40(56)45(2,3)31-66-72(63,64)69-71(61,62)65-30-34-39(68-70(58,59)60)38(55)44(67-34)52-33-51-37-41(46)49-32-50-42(37)52/h8-9,11-12,14-15,17-18,20-21,32-34,38-40,44,55-56H,4-7,10,13,16,19,22-31H2,1-3H3,(H,47,53)(H,48,57)(H,61,62)(H,63,64)(H2,46,49,50)(H2,58,59,60). The lowest BCUT2D eigenvalue weighted by Crippen LogP contribution is -2.46. The van der Waals surface area contributed by atoms with E-state index in [9.17, 15) is 57.9 Å². The van der Waals surface area contributed by atoms with Crippen LogP contribution < -0.4 is 16.4 Å². The molecule has 73 heavy (non-hydrogen) atoms. The van der Waals surface area contributed by atoms with Crippen molar-refractivity contribution in [2.24, 2.45) is 5.41 Å². The number of ether oxygens (including phenoxy) is 1. The summed E-state index contributed by atoms with van der Waals surface area (Å²) in [4.78, 5) is 88.5. The number of nitrogens with zero attached hydrogens (tertiary/aromatic N) is 4. The molecule has 0 bridgehead atoms. The third kappa shape index (κ3) is 25.1. The quantitative estimate of drug-likeness (QED) is 0.0210. The van der Waals surface area contributed by atoms with Gasteiger partial charge in [0.2, 0.25) is 11.8 Å². The van der Waals surface area contributed by atoms with Crippen LogP contribution in [-0.2, 0) is 50.7 Å². The number of allylic oxidation sites excluding steroid dienone is 10. The van der Waals surface area contributed by atoms with Crippen molar-refractivity contribution in [2.75, 3.05) is 37.8 Å². The molecule has 2 aromatic heterocycles. The molecule has 28 heteroatoms. The molecule has 1 aliphatic rings. The van der Waals surface area contributed by atoms with E-state index in [0.29, 0.717) is 12.2 Å². The Kier molecular flexibility index (Phi) is 28.4. The molecule has 0 radical (unpaired) electrons. The summed E-state index contributed by atoms with van der Waals surface area (Å²) in [5.74, 6) is -1.08. The fourth-order valence-corrected chi connectivity index (χ4v) is 10.3. The van der Waals surface area contributed by atoms with E-state index >= 15 is 0 Å². The molecule has 3 rings (SSSR count). The fourth-order valence-electron chi connectivity index (χ4n) is 6.73. The highest BCUT2D eigenvalue weighted by Crippen LogP contribution is 2.61. The zero-order valence-electron chi connectivity index (χ0n) is 41.3. The van der Waals surface area contributed by atoms with Gasteiger partial charge < -0.3 is 50.9 Å². The SMILES string of the molecule is CCCCCC=CCC=CCC=CCC=CCC=CCCCCC(=O)SCCNC(=O)CCNC(=O)C(O)C(C)(C)COP(=O)(O)OP(=O)(O)OCC1OC(n2cnc3c(N)ncnc32)C(O)C1OP(=O)(O)O. The first-order valence-corrected chi connectivity index (χ1v) is 29.4. The van der Waals surface area contributed by atoms with Gasteiger partial charge in [0.15, 0.2) is 22.8 Å². The maximum absolute atomic E-state index is 12.8. The van der Waals surface area contributed by atoms with Crippen molar-refractivity contribution >= 4 is 69.1 Å². The van der Waals surface area contributed by atoms with Crippen molar-refractivity contribution in [1.82, 2.24) is 30.2 Å². The first-order chi connectivity index (χ1) is 34.6. The lowest BCUT2D eigenvalue weighted by atomic mass is 9.87. The van der Waals surface area contributed by atoms with Crippen LogP contribution in [0, 0.1) is 5.41 Å². The number of hydrogen-bond donors (Lipinski definition) is 9. The maximum atomic E-state index is 12.8. The molecule has 0 aliphatic carbocycles. The van der Waals surface area contributed by atoms with Gasteiger partial charge in [-0.1, -0.05) is 106 Å². The largest absolute Gasteiger partial charge is 0.481 e. The molecule has 1 fully saturated rings. The van der Waals surface area contributed by atoms with Crippen molar-refractivity contribution in [3.8, 4) is 0 Å². The molecule has 3 heterocycles. The molecular weight excluding hydrogens is 1040 g/mol. The number of fused-ring (bicyclic) bond motifs is 1. The third-order valence-corrected chi connectivity index (χ3v) is 14.7. The number of carbonyl (C=O) groups is 3. The lowest BCUT2D eigenvalue weighted by Gasteiger charge is -2.30. The summed E-state index contributed by atoms with van der Waals surface area (Å²) in [6, 6.07) is 0. The second-order valence-corrected chi connectivity index (χ2v) is 22.7. The van der Waals surface area contributed by atoms with E-state index in [1.54, 1.807) is 0 Å². The van der Waals surface area contributed by atoms with Gasteiger partial charge in [-0.15, -0.1) is 0 Å². The zero-order valence-corrected chi connectivity index (χ0v) is 44.8. The number of nitrogens with two attached hydrogens (primary N) is 1. The molecule has 10 N–H and O–H groups in total. The smallest absolute Gasteiger partial charge is 0.386 e. The number of rotatable bonds is 36. The van der Waals surface area contributed by atoms with Gasteiger partial charge in [0.25, 0.3) is 0 Å².